The number of hydrogen-bond donors (Lipinski definition) is 2. The van der Waals surface area contributed by atoms with Crippen molar-refractivity contribution in [2.45, 2.75) is 52.0 Å². The van der Waals surface area contributed by atoms with Crippen LogP contribution in [-0.2, 0) is 26.1 Å². The van der Waals surface area contributed by atoms with Gasteiger partial charge in [-0.3, -0.25) is 14.9 Å². The summed E-state index contributed by atoms with van der Waals surface area (Å²) >= 11 is -0.472. The molecule has 0 aromatic rings. The fraction of sp³-hybridized carbons (Fsp3) is 0.800. The molecule has 2 amide bonds. The van der Waals surface area contributed by atoms with Gasteiger partial charge in [0.2, 0.25) is 11.8 Å². The van der Waals surface area contributed by atoms with Gasteiger partial charge in [-0.25, -0.2) is 0 Å². The van der Waals surface area contributed by atoms with Crippen LogP contribution in [0.2, 0.25) is 0 Å². The Kier molecular flexibility index (Phi) is 16.7. The third kappa shape index (κ3) is 22.1. The second kappa shape index (κ2) is 14.4. The van der Waals surface area contributed by atoms with E-state index in [0.717, 1.165) is 0 Å². The predicted molar refractivity (Wildman–Crippen MR) is 67.3 cm³/mol. The molecule has 4 nitrogen and oxygen atoms in total. The number of nitrogens with two attached hydrogens (primary N) is 1. The molecule has 0 aromatic carbocycles. The SMILES string of the molecule is CC(=O)NC(C)=O.NC1CCCCC1.[Cl][Pt][Cl]. The number of carbonyl (C=O) groups is 2. The zero-order valence-electron chi connectivity index (χ0n) is 10.1. The summed E-state index contributed by atoms with van der Waals surface area (Å²) in [6.07, 6.45) is 6.66. The van der Waals surface area contributed by atoms with Gasteiger partial charge in [0, 0.05) is 19.9 Å². The number of hydrogen-bond acceptors (Lipinski definition) is 3. The summed E-state index contributed by atoms with van der Waals surface area (Å²) in [6.45, 7) is 2.59. The van der Waals surface area contributed by atoms with Crippen molar-refractivity contribution in [3.05, 3.63) is 0 Å². The molecule has 0 spiro atoms. The van der Waals surface area contributed by atoms with Crippen molar-refractivity contribution in [2.24, 2.45) is 5.73 Å². The molecule has 0 atom stereocenters. The summed E-state index contributed by atoms with van der Waals surface area (Å²) < 4.78 is 0. The van der Waals surface area contributed by atoms with Crippen molar-refractivity contribution in [1.82, 2.24) is 5.32 Å². The van der Waals surface area contributed by atoms with E-state index in [-0.39, 0.29) is 11.8 Å². The summed E-state index contributed by atoms with van der Waals surface area (Å²) in [7, 11) is 9.75. The average Bonchev–Trinajstić information content (AvgIpc) is 2.18. The van der Waals surface area contributed by atoms with Gasteiger partial charge in [0.1, 0.15) is 0 Å². The van der Waals surface area contributed by atoms with E-state index in [1.807, 2.05) is 5.32 Å². The molecular weight excluding hydrogens is 446 g/mol. The van der Waals surface area contributed by atoms with Gasteiger partial charge < -0.3 is 5.73 Å². The summed E-state index contributed by atoms with van der Waals surface area (Å²) in [5, 5.41) is 2.03. The zero-order chi connectivity index (χ0) is 13.7. The van der Waals surface area contributed by atoms with Gasteiger partial charge in [0.15, 0.2) is 0 Å². The van der Waals surface area contributed by atoms with Gasteiger partial charge in [-0.1, -0.05) is 19.3 Å². The van der Waals surface area contributed by atoms with Crippen LogP contribution in [0.25, 0.3) is 0 Å². The van der Waals surface area contributed by atoms with Crippen molar-refractivity contribution in [3.63, 3.8) is 0 Å². The second-order valence-electron chi connectivity index (χ2n) is 3.68. The van der Waals surface area contributed by atoms with Crippen LogP contribution in [0.4, 0.5) is 0 Å². The molecule has 0 bridgehead atoms. The van der Waals surface area contributed by atoms with Gasteiger partial charge in [0.25, 0.3) is 0 Å². The van der Waals surface area contributed by atoms with Crippen molar-refractivity contribution in [2.75, 3.05) is 0 Å². The molecule has 17 heavy (non-hydrogen) atoms. The minimum atomic E-state index is -0.472. The van der Waals surface area contributed by atoms with Gasteiger partial charge in [-0.2, -0.15) is 0 Å². The second-order valence-corrected chi connectivity index (χ2v) is 6.96. The molecule has 0 unspecified atom stereocenters. The fourth-order valence-electron chi connectivity index (χ4n) is 1.38. The van der Waals surface area contributed by atoms with Crippen LogP contribution in [-0.4, -0.2) is 17.9 Å². The van der Waals surface area contributed by atoms with E-state index >= 15 is 0 Å². The Morgan fingerprint density at radius 3 is 1.59 bits per heavy atom. The molecule has 1 fully saturated rings. The maximum atomic E-state index is 9.92. The zero-order valence-corrected chi connectivity index (χ0v) is 13.9. The number of halogens is 2. The van der Waals surface area contributed by atoms with Gasteiger partial charge in [-0.05, 0) is 12.8 Å². The summed E-state index contributed by atoms with van der Waals surface area (Å²) in [5.74, 6) is -0.625. The third-order valence-electron chi connectivity index (χ3n) is 2.00. The Balaban J connectivity index is 0. The normalized spacial score (nSPS) is 14.9. The molecule has 0 aromatic heterocycles. The van der Waals surface area contributed by atoms with E-state index in [4.69, 9.17) is 24.6 Å². The standard InChI is InChI=1S/C6H13N.C4H7NO2.2ClH.Pt/c7-6-4-2-1-3-5-6;1-3(6)5-4(2)7;;;/h6H,1-5,7H2;1-2H3,(H,5,6,7);2*1H;/q;;;;+2/p-2. The third-order valence-corrected chi connectivity index (χ3v) is 2.00. The number of rotatable bonds is 0. The predicted octanol–water partition coefficient (Wildman–Crippen LogP) is 2.32. The Labute approximate surface area is 119 Å². The molecule has 1 rings (SSSR count). The van der Waals surface area contributed by atoms with Gasteiger partial charge >= 0.3 is 35.3 Å². The molecule has 0 aliphatic heterocycles. The Morgan fingerprint density at radius 2 is 1.47 bits per heavy atom. The number of nitrogens with one attached hydrogen (secondary N) is 1. The van der Waals surface area contributed by atoms with Crippen LogP contribution in [0.15, 0.2) is 0 Å². The summed E-state index contributed by atoms with van der Waals surface area (Å²) in [6, 6.07) is 0.536. The first-order valence-electron chi connectivity index (χ1n) is 5.30. The maximum absolute atomic E-state index is 9.92. The molecule has 1 saturated carbocycles. The molecule has 3 N–H and O–H groups in total. The molecular formula is C10H20Cl2N2O2Pt. The monoisotopic (exact) mass is 465 g/mol. The van der Waals surface area contributed by atoms with E-state index in [1.54, 1.807) is 0 Å². The van der Waals surface area contributed by atoms with Crippen LogP contribution < -0.4 is 11.1 Å². The molecule has 0 radical (unpaired) electrons. The molecule has 1 aliphatic carbocycles. The quantitative estimate of drug-likeness (QED) is 0.576. The number of amides is 2. The first-order chi connectivity index (χ1) is 7.93. The molecule has 0 heterocycles. The van der Waals surface area contributed by atoms with E-state index < -0.39 is 16.5 Å². The Bertz CT molecular complexity index is 200. The van der Waals surface area contributed by atoms with Gasteiger partial charge in [-0.15, -0.1) is 0 Å². The van der Waals surface area contributed by atoms with Crippen molar-refractivity contribution >= 4 is 30.7 Å². The van der Waals surface area contributed by atoms with Crippen molar-refractivity contribution < 1.29 is 26.1 Å². The number of carbonyl (C=O) groups excluding carboxylic acids is 2. The van der Waals surface area contributed by atoms with Crippen LogP contribution >= 0.6 is 18.8 Å². The molecule has 1 aliphatic rings. The summed E-state index contributed by atoms with van der Waals surface area (Å²) in [5.41, 5.74) is 5.63. The van der Waals surface area contributed by atoms with Gasteiger partial charge in [0.05, 0.1) is 0 Å². The van der Waals surface area contributed by atoms with Crippen LogP contribution in [0.1, 0.15) is 46.0 Å². The molecule has 0 saturated heterocycles. The topological polar surface area (TPSA) is 72.2 Å². The Morgan fingerprint density at radius 1 is 1.12 bits per heavy atom. The van der Waals surface area contributed by atoms with E-state index in [2.05, 4.69) is 0 Å². The minimum absolute atomic E-state index is 0.312. The van der Waals surface area contributed by atoms with Crippen molar-refractivity contribution in [3.8, 4) is 0 Å². The van der Waals surface area contributed by atoms with Crippen LogP contribution in [0.5, 0.6) is 0 Å². The van der Waals surface area contributed by atoms with E-state index in [0.29, 0.717) is 6.04 Å². The first kappa shape index (κ1) is 19.7. The van der Waals surface area contributed by atoms with Crippen LogP contribution in [0.3, 0.4) is 0 Å². The first-order valence-corrected chi connectivity index (χ1v) is 10.9. The average molecular weight is 466 g/mol. The molecule has 7 heteroatoms. The molecule has 106 valence electrons. The number of imide groups is 1. The summed E-state index contributed by atoms with van der Waals surface area (Å²) in [4.78, 5) is 19.8. The Hall–Kier alpha value is 0.368. The van der Waals surface area contributed by atoms with E-state index in [1.165, 1.54) is 46.0 Å². The van der Waals surface area contributed by atoms with Crippen LogP contribution in [0, 0.1) is 0 Å². The van der Waals surface area contributed by atoms with Crippen molar-refractivity contribution in [1.29, 1.82) is 0 Å². The fourth-order valence-corrected chi connectivity index (χ4v) is 1.38. The van der Waals surface area contributed by atoms with E-state index in [9.17, 15) is 9.59 Å².